The van der Waals surface area contributed by atoms with Crippen molar-refractivity contribution in [2.45, 2.75) is 6.92 Å². The summed E-state index contributed by atoms with van der Waals surface area (Å²) in [4.78, 5) is 3.78. The van der Waals surface area contributed by atoms with E-state index in [-0.39, 0.29) is 5.88 Å². The van der Waals surface area contributed by atoms with Gasteiger partial charge >= 0.3 is 0 Å². The largest absolute Gasteiger partial charge is 0.473 e. The maximum absolute atomic E-state index is 13.1. The Morgan fingerprint density at radius 3 is 2.93 bits per heavy atom. The topological polar surface area (TPSA) is 31.4 Å². The third-order valence-electron chi connectivity index (χ3n) is 1.44. The standard InChI is InChI=1S/C9H11BrFNO2/c1-2-13-3-4-14-9-8(11)5-7(10)6-12-9/h5-6H,2-4H2,1H3. The number of rotatable bonds is 5. The summed E-state index contributed by atoms with van der Waals surface area (Å²) < 4.78 is 23.8. The van der Waals surface area contributed by atoms with Crippen LogP contribution < -0.4 is 4.74 Å². The zero-order chi connectivity index (χ0) is 10.4. The predicted molar refractivity (Wildman–Crippen MR) is 53.9 cm³/mol. The Bertz CT molecular complexity index is 296. The summed E-state index contributed by atoms with van der Waals surface area (Å²) in [5.74, 6) is -0.469. The molecule has 0 aromatic carbocycles. The molecule has 0 fully saturated rings. The Morgan fingerprint density at radius 1 is 1.50 bits per heavy atom. The van der Waals surface area contributed by atoms with E-state index in [1.165, 1.54) is 12.3 Å². The van der Waals surface area contributed by atoms with Crippen LogP contribution in [0.4, 0.5) is 4.39 Å². The average molecular weight is 264 g/mol. The lowest BCUT2D eigenvalue weighted by Crippen LogP contribution is -2.08. The first-order valence-corrected chi connectivity index (χ1v) is 5.05. The van der Waals surface area contributed by atoms with E-state index in [4.69, 9.17) is 9.47 Å². The predicted octanol–water partition coefficient (Wildman–Crippen LogP) is 2.40. The van der Waals surface area contributed by atoms with Gasteiger partial charge in [0.15, 0.2) is 5.82 Å². The first-order valence-electron chi connectivity index (χ1n) is 4.25. The molecule has 1 heterocycles. The van der Waals surface area contributed by atoms with Gasteiger partial charge in [-0.05, 0) is 28.9 Å². The van der Waals surface area contributed by atoms with Crippen molar-refractivity contribution >= 4 is 15.9 Å². The third-order valence-corrected chi connectivity index (χ3v) is 1.88. The van der Waals surface area contributed by atoms with Gasteiger partial charge in [-0.25, -0.2) is 9.37 Å². The van der Waals surface area contributed by atoms with Crippen LogP contribution in [-0.4, -0.2) is 24.8 Å². The van der Waals surface area contributed by atoms with Crippen molar-refractivity contribution in [3.05, 3.63) is 22.6 Å². The van der Waals surface area contributed by atoms with E-state index in [1.54, 1.807) is 0 Å². The number of pyridine rings is 1. The molecule has 1 rings (SSSR count). The second-order valence-electron chi connectivity index (χ2n) is 2.49. The van der Waals surface area contributed by atoms with Crippen molar-refractivity contribution in [1.82, 2.24) is 4.98 Å². The monoisotopic (exact) mass is 263 g/mol. The minimum atomic E-state index is -0.476. The summed E-state index contributed by atoms with van der Waals surface area (Å²) >= 11 is 3.11. The first-order chi connectivity index (χ1) is 6.74. The van der Waals surface area contributed by atoms with E-state index in [0.717, 1.165) is 0 Å². The Hall–Kier alpha value is -0.680. The molecule has 0 amide bonds. The molecule has 0 spiro atoms. The minimum Gasteiger partial charge on any atom is -0.473 e. The lowest BCUT2D eigenvalue weighted by Gasteiger charge is -2.05. The van der Waals surface area contributed by atoms with Crippen molar-refractivity contribution in [3.63, 3.8) is 0 Å². The van der Waals surface area contributed by atoms with Crippen molar-refractivity contribution < 1.29 is 13.9 Å². The quantitative estimate of drug-likeness (QED) is 0.765. The molecule has 0 aliphatic heterocycles. The van der Waals surface area contributed by atoms with Gasteiger partial charge in [-0.3, -0.25) is 0 Å². The highest BCUT2D eigenvalue weighted by Crippen LogP contribution is 2.17. The molecule has 0 saturated heterocycles. The summed E-state index contributed by atoms with van der Waals surface area (Å²) in [5.41, 5.74) is 0. The van der Waals surface area contributed by atoms with Crippen LogP contribution >= 0.6 is 15.9 Å². The second kappa shape index (κ2) is 5.93. The molecule has 0 radical (unpaired) electrons. The fourth-order valence-corrected chi connectivity index (χ4v) is 1.15. The minimum absolute atomic E-state index is 0.00732. The van der Waals surface area contributed by atoms with Crippen molar-refractivity contribution in [1.29, 1.82) is 0 Å². The molecule has 0 saturated carbocycles. The third kappa shape index (κ3) is 3.59. The highest BCUT2D eigenvalue weighted by molar-refractivity contribution is 9.10. The molecule has 1 aromatic rings. The maximum Gasteiger partial charge on any atom is 0.250 e. The van der Waals surface area contributed by atoms with Gasteiger partial charge in [0, 0.05) is 17.3 Å². The van der Waals surface area contributed by atoms with E-state index in [0.29, 0.717) is 24.3 Å². The van der Waals surface area contributed by atoms with E-state index in [1.807, 2.05) is 6.92 Å². The summed E-state index contributed by atoms with van der Waals surface area (Å²) in [7, 11) is 0. The lowest BCUT2D eigenvalue weighted by molar-refractivity contribution is 0.106. The number of aromatic nitrogens is 1. The van der Waals surface area contributed by atoms with E-state index in [9.17, 15) is 4.39 Å². The molecule has 5 heteroatoms. The summed E-state index contributed by atoms with van der Waals surface area (Å²) in [6, 6.07) is 1.31. The fraction of sp³-hybridized carbons (Fsp3) is 0.444. The number of ether oxygens (including phenoxy) is 2. The van der Waals surface area contributed by atoms with Crippen LogP contribution in [0.1, 0.15) is 6.92 Å². The summed E-state index contributed by atoms with van der Waals surface area (Å²) in [6.45, 7) is 3.26. The Labute approximate surface area is 90.4 Å². The summed E-state index contributed by atoms with van der Waals surface area (Å²) in [5, 5.41) is 0. The molecular weight excluding hydrogens is 253 g/mol. The van der Waals surface area contributed by atoms with Crippen LogP contribution in [0.3, 0.4) is 0 Å². The Kier molecular flexibility index (Phi) is 4.82. The van der Waals surface area contributed by atoms with Crippen LogP contribution in [0.15, 0.2) is 16.7 Å². The molecule has 0 bridgehead atoms. The van der Waals surface area contributed by atoms with Crippen molar-refractivity contribution in [2.75, 3.05) is 19.8 Å². The van der Waals surface area contributed by atoms with Crippen molar-refractivity contribution in [2.24, 2.45) is 0 Å². The molecule has 1 aromatic heterocycles. The molecule has 78 valence electrons. The van der Waals surface area contributed by atoms with Crippen LogP contribution in [0.2, 0.25) is 0 Å². The van der Waals surface area contributed by atoms with Gasteiger partial charge in [-0.2, -0.15) is 0 Å². The molecule has 0 N–H and O–H groups in total. The highest BCUT2D eigenvalue weighted by Gasteiger charge is 2.04. The van der Waals surface area contributed by atoms with Gasteiger partial charge in [0.05, 0.1) is 6.61 Å². The molecular formula is C9H11BrFNO2. The molecule has 0 aliphatic rings. The molecule has 0 unspecified atom stereocenters. The van der Waals surface area contributed by atoms with Gasteiger partial charge in [0.2, 0.25) is 0 Å². The normalized spacial score (nSPS) is 10.2. The summed E-state index contributed by atoms with van der Waals surface area (Å²) in [6.07, 6.45) is 1.49. The number of hydrogen-bond acceptors (Lipinski definition) is 3. The molecule has 14 heavy (non-hydrogen) atoms. The SMILES string of the molecule is CCOCCOc1ncc(Br)cc1F. The number of hydrogen-bond donors (Lipinski definition) is 0. The van der Waals surface area contributed by atoms with Crippen LogP contribution in [0, 0.1) is 5.82 Å². The number of halogens is 2. The van der Waals surface area contributed by atoms with E-state index >= 15 is 0 Å². The molecule has 0 atom stereocenters. The van der Waals surface area contributed by atoms with Gasteiger partial charge in [0.1, 0.15) is 6.61 Å². The Morgan fingerprint density at radius 2 is 2.29 bits per heavy atom. The van der Waals surface area contributed by atoms with Crippen LogP contribution in [-0.2, 0) is 4.74 Å². The van der Waals surface area contributed by atoms with Gasteiger partial charge in [-0.15, -0.1) is 0 Å². The van der Waals surface area contributed by atoms with Gasteiger partial charge < -0.3 is 9.47 Å². The van der Waals surface area contributed by atoms with E-state index in [2.05, 4.69) is 20.9 Å². The zero-order valence-corrected chi connectivity index (χ0v) is 9.38. The zero-order valence-electron chi connectivity index (χ0n) is 7.80. The lowest BCUT2D eigenvalue weighted by atomic mass is 10.5. The second-order valence-corrected chi connectivity index (χ2v) is 3.40. The smallest absolute Gasteiger partial charge is 0.250 e. The first kappa shape index (κ1) is 11.4. The molecule has 0 aliphatic carbocycles. The fourth-order valence-electron chi connectivity index (χ4n) is 0.850. The van der Waals surface area contributed by atoms with Gasteiger partial charge in [-0.1, -0.05) is 0 Å². The van der Waals surface area contributed by atoms with Crippen LogP contribution in [0.25, 0.3) is 0 Å². The Balaban J connectivity index is 2.42. The van der Waals surface area contributed by atoms with Crippen molar-refractivity contribution in [3.8, 4) is 5.88 Å². The average Bonchev–Trinajstić information content (AvgIpc) is 2.15. The van der Waals surface area contributed by atoms with Crippen LogP contribution in [0.5, 0.6) is 5.88 Å². The van der Waals surface area contributed by atoms with E-state index < -0.39 is 5.82 Å². The molecule has 3 nitrogen and oxygen atoms in total. The maximum atomic E-state index is 13.1. The van der Waals surface area contributed by atoms with Gasteiger partial charge in [0.25, 0.3) is 5.88 Å². The number of nitrogens with zero attached hydrogens (tertiary/aromatic N) is 1. The highest BCUT2D eigenvalue weighted by atomic mass is 79.9.